The highest BCUT2D eigenvalue weighted by atomic mass is 32.2. The van der Waals surface area contributed by atoms with Crippen molar-refractivity contribution in [2.24, 2.45) is 0 Å². The van der Waals surface area contributed by atoms with E-state index >= 15 is 0 Å². The van der Waals surface area contributed by atoms with Gasteiger partial charge in [-0.05, 0) is 36.1 Å². The number of hydrogen-bond donors (Lipinski definition) is 2. The van der Waals surface area contributed by atoms with Gasteiger partial charge in [-0.25, -0.2) is 0 Å². The monoisotopic (exact) mass is 211 g/mol. The molecule has 0 radical (unpaired) electrons. The van der Waals surface area contributed by atoms with E-state index in [1.165, 1.54) is 12.2 Å². The fourth-order valence-electron chi connectivity index (χ4n) is 1.18. The molecule has 0 aromatic heterocycles. The summed E-state index contributed by atoms with van der Waals surface area (Å²) < 4.78 is 0. The summed E-state index contributed by atoms with van der Waals surface area (Å²) in [6.07, 6.45) is 3.30. The van der Waals surface area contributed by atoms with Gasteiger partial charge in [0.2, 0.25) is 0 Å². The minimum Gasteiger partial charge on any atom is -0.392 e. The van der Waals surface area contributed by atoms with Gasteiger partial charge in [-0.2, -0.15) is 11.8 Å². The van der Waals surface area contributed by atoms with Crippen LogP contribution < -0.4 is 5.32 Å². The number of benzene rings is 1. The van der Waals surface area contributed by atoms with Gasteiger partial charge in [0.05, 0.1) is 6.61 Å². The lowest BCUT2D eigenvalue weighted by atomic mass is 10.2. The number of anilines is 1. The van der Waals surface area contributed by atoms with Crippen LogP contribution in [0.15, 0.2) is 24.3 Å². The van der Waals surface area contributed by atoms with E-state index in [2.05, 4.69) is 11.6 Å². The fourth-order valence-corrected chi connectivity index (χ4v) is 1.61. The lowest BCUT2D eigenvalue weighted by molar-refractivity contribution is 0.282. The summed E-state index contributed by atoms with van der Waals surface area (Å²) in [5.41, 5.74) is 2.09. The van der Waals surface area contributed by atoms with Crippen LogP contribution in [-0.2, 0) is 6.61 Å². The molecule has 0 amide bonds. The molecule has 1 aromatic carbocycles. The van der Waals surface area contributed by atoms with Crippen LogP contribution >= 0.6 is 11.8 Å². The second kappa shape index (κ2) is 6.74. The fraction of sp³-hybridized carbons (Fsp3) is 0.455. The zero-order chi connectivity index (χ0) is 10.2. The predicted molar refractivity (Wildman–Crippen MR) is 63.9 cm³/mol. The van der Waals surface area contributed by atoms with E-state index in [-0.39, 0.29) is 6.61 Å². The Balaban J connectivity index is 2.29. The average molecular weight is 211 g/mol. The maximum absolute atomic E-state index is 8.85. The molecule has 14 heavy (non-hydrogen) atoms. The van der Waals surface area contributed by atoms with Crippen molar-refractivity contribution in [3.63, 3.8) is 0 Å². The van der Waals surface area contributed by atoms with E-state index in [1.54, 1.807) is 0 Å². The molecular weight excluding hydrogens is 194 g/mol. The van der Waals surface area contributed by atoms with Gasteiger partial charge in [-0.1, -0.05) is 12.1 Å². The third kappa shape index (κ3) is 4.03. The second-order valence-electron chi connectivity index (χ2n) is 3.13. The van der Waals surface area contributed by atoms with Gasteiger partial charge in [0, 0.05) is 12.2 Å². The van der Waals surface area contributed by atoms with Crippen molar-refractivity contribution < 1.29 is 5.11 Å². The van der Waals surface area contributed by atoms with Gasteiger partial charge >= 0.3 is 0 Å². The Morgan fingerprint density at radius 2 is 2.00 bits per heavy atom. The first-order valence-electron chi connectivity index (χ1n) is 4.79. The first-order chi connectivity index (χ1) is 6.86. The number of hydrogen-bond acceptors (Lipinski definition) is 3. The standard InChI is InChI=1S/C11H17NOS/c1-14-8-2-7-12-11-5-3-10(9-13)4-6-11/h3-6,12-13H,2,7-9H2,1H3. The second-order valence-corrected chi connectivity index (χ2v) is 4.11. The molecule has 0 spiro atoms. The zero-order valence-corrected chi connectivity index (χ0v) is 9.31. The molecule has 0 unspecified atom stereocenters. The molecule has 0 aliphatic heterocycles. The molecule has 1 aromatic rings. The maximum Gasteiger partial charge on any atom is 0.0681 e. The van der Waals surface area contributed by atoms with Crippen LogP contribution in [0.5, 0.6) is 0 Å². The molecule has 0 aliphatic rings. The van der Waals surface area contributed by atoms with Crippen molar-refractivity contribution in [3.8, 4) is 0 Å². The van der Waals surface area contributed by atoms with E-state index in [4.69, 9.17) is 5.11 Å². The molecule has 0 saturated heterocycles. The van der Waals surface area contributed by atoms with Gasteiger partial charge in [0.15, 0.2) is 0 Å². The molecule has 1 rings (SSSR count). The molecule has 2 nitrogen and oxygen atoms in total. The Morgan fingerprint density at radius 3 is 2.57 bits per heavy atom. The lowest BCUT2D eigenvalue weighted by Crippen LogP contribution is -2.02. The zero-order valence-electron chi connectivity index (χ0n) is 8.49. The van der Waals surface area contributed by atoms with Gasteiger partial charge in [-0.3, -0.25) is 0 Å². The average Bonchev–Trinajstić information content (AvgIpc) is 2.25. The van der Waals surface area contributed by atoms with E-state index in [1.807, 2.05) is 36.0 Å². The quantitative estimate of drug-likeness (QED) is 0.708. The van der Waals surface area contributed by atoms with E-state index in [0.29, 0.717) is 0 Å². The molecule has 0 bridgehead atoms. The molecule has 78 valence electrons. The first kappa shape index (κ1) is 11.4. The predicted octanol–water partition coefficient (Wildman–Crippen LogP) is 2.34. The molecule has 2 N–H and O–H groups in total. The Morgan fingerprint density at radius 1 is 1.29 bits per heavy atom. The number of nitrogens with one attached hydrogen (secondary N) is 1. The van der Waals surface area contributed by atoms with Crippen molar-refractivity contribution in [2.45, 2.75) is 13.0 Å². The summed E-state index contributed by atoms with van der Waals surface area (Å²) in [7, 11) is 0. The minimum absolute atomic E-state index is 0.118. The third-order valence-electron chi connectivity index (χ3n) is 1.99. The van der Waals surface area contributed by atoms with Crippen LogP contribution in [-0.4, -0.2) is 23.7 Å². The van der Waals surface area contributed by atoms with E-state index in [0.717, 1.165) is 17.8 Å². The van der Waals surface area contributed by atoms with Crippen molar-refractivity contribution in [3.05, 3.63) is 29.8 Å². The summed E-state index contributed by atoms with van der Waals surface area (Å²) in [4.78, 5) is 0. The van der Waals surface area contributed by atoms with Crippen molar-refractivity contribution in [1.82, 2.24) is 0 Å². The van der Waals surface area contributed by atoms with Crippen LogP contribution in [0.2, 0.25) is 0 Å². The van der Waals surface area contributed by atoms with E-state index < -0.39 is 0 Å². The van der Waals surface area contributed by atoms with Crippen molar-refractivity contribution >= 4 is 17.4 Å². The maximum atomic E-state index is 8.85. The van der Waals surface area contributed by atoms with Gasteiger partial charge in [0.25, 0.3) is 0 Å². The third-order valence-corrected chi connectivity index (χ3v) is 2.69. The van der Waals surface area contributed by atoms with Crippen LogP contribution in [0.3, 0.4) is 0 Å². The smallest absolute Gasteiger partial charge is 0.0681 e. The molecule has 3 heteroatoms. The largest absolute Gasteiger partial charge is 0.392 e. The Bertz CT molecular complexity index is 248. The Kier molecular flexibility index (Phi) is 5.49. The van der Waals surface area contributed by atoms with Crippen LogP contribution in [0.25, 0.3) is 0 Å². The van der Waals surface area contributed by atoms with Gasteiger partial charge in [0.1, 0.15) is 0 Å². The van der Waals surface area contributed by atoms with Crippen molar-refractivity contribution in [1.29, 1.82) is 0 Å². The number of rotatable bonds is 6. The Hall–Kier alpha value is -0.670. The molecular formula is C11H17NOS. The van der Waals surface area contributed by atoms with Gasteiger partial charge in [-0.15, -0.1) is 0 Å². The Labute approximate surface area is 89.7 Å². The highest BCUT2D eigenvalue weighted by Crippen LogP contribution is 2.09. The number of aliphatic hydroxyl groups is 1. The van der Waals surface area contributed by atoms with E-state index in [9.17, 15) is 0 Å². The highest BCUT2D eigenvalue weighted by molar-refractivity contribution is 7.98. The summed E-state index contributed by atoms with van der Waals surface area (Å²) in [6.45, 7) is 1.13. The molecule has 0 atom stereocenters. The molecule has 0 fully saturated rings. The summed E-state index contributed by atoms with van der Waals surface area (Å²) in [6, 6.07) is 7.89. The topological polar surface area (TPSA) is 32.3 Å². The molecule has 0 heterocycles. The van der Waals surface area contributed by atoms with Gasteiger partial charge < -0.3 is 10.4 Å². The summed E-state index contributed by atoms with van der Waals surface area (Å²) in [5, 5.41) is 12.2. The lowest BCUT2D eigenvalue weighted by Gasteiger charge is -2.05. The van der Waals surface area contributed by atoms with Crippen LogP contribution in [0.1, 0.15) is 12.0 Å². The SMILES string of the molecule is CSCCCNc1ccc(CO)cc1. The summed E-state index contributed by atoms with van der Waals surface area (Å²) in [5.74, 6) is 1.20. The van der Waals surface area contributed by atoms with Crippen LogP contribution in [0, 0.1) is 0 Å². The first-order valence-corrected chi connectivity index (χ1v) is 6.19. The van der Waals surface area contributed by atoms with Crippen molar-refractivity contribution in [2.75, 3.05) is 23.9 Å². The molecule has 0 saturated carbocycles. The highest BCUT2D eigenvalue weighted by Gasteiger charge is 1.92. The van der Waals surface area contributed by atoms with Crippen LogP contribution in [0.4, 0.5) is 5.69 Å². The minimum atomic E-state index is 0.118. The normalized spacial score (nSPS) is 10.1. The molecule has 0 aliphatic carbocycles. The number of thioether (sulfide) groups is 1. The summed E-state index contributed by atoms with van der Waals surface area (Å²) >= 11 is 1.87. The number of aliphatic hydroxyl groups excluding tert-OH is 1.